The number of nitrogens with two attached hydrogens (primary N) is 1. The third kappa shape index (κ3) is 3.84. The summed E-state index contributed by atoms with van der Waals surface area (Å²) >= 11 is 0. The van der Waals surface area contributed by atoms with Gasteiger partial charge in [0.05, 0.1) is 12.3 Å². The Labute approximate surface area is 106 Å². The van der Waals surface area contributed by atoms with Crippen LogP contribution in [-0.4, -0.2) is 11.8 Å². The second kappa shape index (κ2) is 6.74. The molecule has 1 aromatic heterocycles. The lowest BCUT2D eigenvalue weighted by Gasteiger charge is -1.96. The van der Waals surface area contributed by atoms with Crippen LogP contribution in [0.5, 0.6) is 0 Å². The molecule has 2 rings (SSSR count). The standard InChI is InChI=1S/C14H16N2O2/c15-10-13-9-14(18-16-13)11-17-8-4-7-12-5-2-1-3-6-12/h1-7,9H,8,10-11,15H2. The predicted molar refractivity (Wildman–Crippen MR) is 69.5 cm³/mol. The Bertz CT molecular complexity index is 492. The van der Waals surface area contributed by atoms with E-state index >= 15 is 0 Å². The minimum absolute atomic E-state index is 0.386. The van der Waals surface area contributed by atoms with Crippen LogP contribution in [0.4, 0.5) is 0 Å². The molecule has 0 unspecified atom stereocenters. The molecule has 0 bridgehead atoms. The number of benzene rings is 1. The van der Waals surface area contributed by atoms with Crippen LogP contribution >= 0.6 is 0 Å². The maximum atomic E-state index is 5.44. The molecular weight excluding hydrogens is 228 g/mol. The van der Waals surface area contributed by atoms with E-state index < -0.39 is 0 Å². The van der Waals surface area contributed by atoms with Crippen LogP contribution in [-0.2, 0) is 17.9 Å². The van der Waals surface area contributed by atoms with E-state index in [1.54, 1.807) is 6.07 Å². The highest BCUT2D eigenvalue weighted by atomic mass is 16.5. The Balaban J connectivity index is 1.71. The average Bonchev–Trinajstić information content (AvgIpc) is 2.87. The average molecular weight is 244 g/mol. The zero-order valence-electron chi connectivity index (χ0n) is 10.1. The first-order valence-corrected chi connectivity index (χ1v) is 5.82. The molecule has 0 fully saturated rings. The molecule has 0 atom stereocenters. The van der Waals surface area contributed by atoms with Crippen molar-refractivity contribution in [1.82, 2.24) is 5.16 Å². The number of hydrogen-bond donors (Lipinski definition) is 1. The maximum absolute atomic E-state index is 5.44. The van der Waals surface area contributed by atoms with Gasteiger partial charge in [-0.25, -0.2) is 0 Å². The highest BCUT2D eigenvalue weighted by molar-refractivity contribution is 5.48. The fourth-order valence-corrected chi connectivity index (χ4v) is 1.50. The molecule has 2 N–H and O–H groups in total. The van der Waals surface area contributed by atoms with Crippen LogP contribution in [0.2, 0.25) is 0 Å². The SMILES string of the molecule is NCc1cc(COCC=Cc2ccccc2)on1. The van der Waals surface area contributed by atoms with Crippen molar-refractivity contribution in [2.45, 2.75) is 13.2 Å². The van der Waals surface area contributed by atoms with Gasteiger partial charge in [-0.2, -0.15) is 0 Å². The maximum Gasteiger partial charge on any atom is 0.162 e. The first kappa shape index (κ1) is 12.5. The molecule has 0 spiro atoms. The highest BCUT2D eigenvalue weighted by Crippen LogP contribution is 2.05. The lowest BCUT2D eigenvalue weighted by Crippen LogP contribution is -1.95. The van der Waals surface area contributed by atoms with Gasteiger partial charge in [-0.15, -0.1) is 0 Å². The van der Waals surface area contributed by atoms with Crippen molar-refractivity contribution in [1.29, 1.82) is 0 Å². The van der Waals surface area contributed by atoms with E-state index in [0.717, 1.165) is 11.3 Å². The lowest BCUT2D eigenvalue weighted by molar-refractivity contribution is 0.125. The van der Waals surface area contributed by atoms with Gasteiger partial charge in [0.1, 0.15) is 6.61 Å². The van der Waals surface area contributed by atoms with E-state index in [9.17, 15) is 0 Å². The van der Waals surface area contributed by atoms with E-state index in [1.165, 1.54) is 0 Å². The van der Waals surface area contributed by atoms with Crippen molar-refractivity contribution in [3.8, 4) is 0 Å². The van der Waals surface area contributed by atoms with E-state index in [0.29, 0.717) is 25.5 Å². The number of hydrogen-bond acceptors (Lipinski definition) is 4. The third-order valence-corrected chi connectivity index (χ3v) is 2.39. The molecule has 0 aliphatic rings. The summed E-state index contributed by atoms with van der Waals surface area (Å²) in [6.45, 7) is 1.33. The van der Waals surface area contributed by atoms with Gasteiger partial charge in [0.15, 0.2) is 5.76 Å². The Morgan fingerprint density at radius 1 is 1.28 bits per heavy atom. The minimum Gasteiger partial charge on any atom is -0.369 e. The van der Waals surface area contributed by atoms with Crippen molar-refractivity contribution in [2.75, 3.05) is 6.61 Å². The fraction of sp³-hybridized carbons (Fsp3) is 0.214. The van der Waals surface area contributed by atoms with Gasteiger partial charge < -0.3 is 15.0 Å². The Morgan fingerprint density at radius 3 is 2.83 bits per heavy atom. The van der Waals surface area contributed by atoms with Gasteiger partial charge >= 0.3 is 0 Å². The molecule has 0 amide bonds. The van der Waals surface area contributed by atoms with E-state index in [-0.39, 0.29) is 0 Å². The van der Waals surface area contributed by atoms with Gasteiger partial charge in [-0.05, 0) is 5.56 Å². The fourth-order valence-electron chi connectivity index (χ4n) is 1.50. The highest BCUT2D eigenvalue weighted by Gasteiger charge is 2.01. The minimum atomic E-state index is 0.386. The van der Waals surface area contributed by atoms with E-state index in [1.807, 2.05) is 42.5 Å². The van der Waals surface area contributed by atoms with Gasteiger partial charge in [0, 0.05) is 12.6 Å². The summed E-state index contributed by atoms with van der Waals surface area (Å²) in [4.78, 5) is 0. The smallest absolute Gasteiger partial charge is 0.162 e. The number of ether oxygens (including phenoxy) is 1. The molecule has 1 heterocycles. The van der Waals surface area contributed by atoms with Gasteiger partial charge in [0.25, 0.3) is 0 Å². The molecule has 0 saturated heterocycles. The Kier molecular flexibility index (Phi) is 4.69. The van der Waals surface area contributed by atoms with Crippen LogP contribution in [0.25, 0.3) is 6.08 Å². The quantitative estimate of drug-likeness (QED) is 0.792. The molecule has 2 aromatic rings. The summed E-state index contributed by atoms with van der Waals surface area (Å²) in [5.74, 6) is 0.698. The number of aromatic nitrogens is 1. The number of rotatable bonds is 6. The molecule has 1 aromatic carbocycles. The Morgan fingerprint density at radius 2 is 2.11 bits per heavy atom. The molecule has 4 heteroatoms. The summed E-state index contributed by atoms with van der Waals surface area (Å²) < 4.78 is 10.5. The van der Waals surface area contributed by atoms with Crippen molar-refractivity contribution in [3.63, 3.8) is 0 Å². The summed E-state index contributed by atoms with van der Waals surface area (Å²) in [6, 6.07) is 11.9. The van der Waals surface area contributed by atoms with Crippen molar-refractivity contribution >= 4 is 6.08 Å². The lowest BCUT2D eigenvalue weighted by atomic mass is 10.2. The third-order valence-electron chi connectivity index (χ3n) is 2.39. The van der Waals surface area contributed by atoms with Crippen LogP contribution in [0.15, 0.2) is 47.0 Å². The summed E-state index contributed by atoms with van der Waals surface area (Å²) in [7, 11) is 0. The molecule has 0 aliphatic heterocycles. The Hall–Kier alpha value is -1.91. The predicted octanol–water partition coefficient (Wildman–Crippen LogP) is 2.36. The topological polar surface area (TPSA) is 61.3 Å². The molecule has 0 radical (unpaired) electrons. The van der Waals surface area contributed by atoms with Crippen LogP contribution in [0.3, 0.4) is 0 Å². The molecule has 0 saturated carbocycles. The first-order valence-electron chi connectivity index (χ1n) is 5.82. The van der Waals surface area contributed by atoms with Gasteiger partial charge in [-0.3, -0.25) is 0 Å². The zero-order chi connectivity index (χ0) is 12.6. The van der Waals surface area contributed by atoms with Crippen LogP contribution < -0.4 is 5.73 Å². The molecule has 18 heavy (non-hydrogen) atoms. The van der Waals surface area contributed by atoms with Crippen LogP contribution in [0.1, 0.15) is 17.0 Å². The first-order chi connectivity index (χ1) is 8.88. The van der Waals surface area contributed by atoms with Crippen molar-refractivity contribution in [2.24, 2.45) is 5.73 Å². The van der Waals surface area contributed by atoms with Crippen molar-refractivity contribution in [3.05, 3.63) is 59.5 Å². The summed E-state index contributed by atoms with van der Waals surface area (Å²) in [6.07, 6.45) is 3.99. The monoisotopic (exact) mass is 244 g/mol. The van der Waals surface area contributed by atoms with Gasteiger partial charge in [0.2, 0.25) is 0 Å². The molecule has 4 nitrogen and oxygen atoms in total. The summed E-state index contributed by atoms with van der Waals surface area (Å²) in [5.41, 5.74) is 7.33. The van der Waals surface area contributed by atoms with Crippen molar-refractivity contribution < 1.29 is 9.26 Å². The molecule has 0 aliphatic carbocycles. The largest absolute Gasteiger partial charge is 0.369 e. The van der Waals surface area contributed by atoms with E-state index in [2.05, 4.69) is 5.16 Å². The second-order valence-electron chi connectivity index (χ2n) is 3.82. The second-order valence-corrected chi connectivity index (χ2v) is 3.82. The van der Waals surface area contributed by atoms with Crippen LogP contribution in [0, 0.1) is 0 Å². The van der Waals surface area contributed by atoms with E-state index in [4.69, 9.17) is 15.0 Å². The zero-order valence-corrected chi connectivity index (χ0v) is 10.1. The van der Waals surface area contributed by atoms with Gasteiger partial charge in [-0.1, -0.05) is 47.6 Å². The summed E-state index contributed by atoms with van der Waals surface area (Å²) in [5, 5.41) is 3.78. The number of nitrogens with zero attached hydrogens (tertiary/aromatic N) is 1. The molecular formula is C14H16N2O2. The normalized spacial score (nSPS) is 11.2. The molecule has 94 valence electrons.